The molecule has 1 rings (SSSR count). The van der Waals surface area contributed by atoms with Crippen LogP contribution in [-0.2, 0) is 26.4 Å². The van der Waals surface area contributed by atoms with E-state index in [2.05, 4.69) is 15.9 Å². The van der Waals surface area contributed by atoms with E-state index in [1.165, 1.54) is 13.1 Å². The van der Waals surface area contributed by atoms with Crippen LogP contribution < -0.4 is 5.73 Å². The summed E-state index contributed by atoms with van der Waals surface area (Å²) in [4.78, 5) is -0.0658. The van der Waals surface area contributed by atoms with Gasteiger partial charge in [0.05, 0.1) is 12.3 Å². The Morgan fingerprint density at radius 1 is 1.37 bits per heavy atom. The molecule has 0 aromatic carbocycles. The van der Waals surface area contributed by atoms with Crippen molar-refractivity contribution in [1.29, 1.82) is 0 Å². The molecule has 0 saturated heterocycles. The Morgan fingerprint density at radius 2 is 1.95 bits per heavy atom. The normalized spacial score (nSPS) is 13.1. The minimum absolute atomic E-state index is 0.0548. The van der Waals surface area contributed by atoms with Crippen LogP contribution in [0.25, 0.3) is 0 Å². The summed E-state index contributed by atoms with van der Waals surface area (Å²) >= 11 is 3.01. The Labute approximate surface area is 120 Å². The Morgan fingerprint density at radius 3 is 2.37 bits per heavy atom. The fourth-order valence-corrected chi connectivity index (χ4v) is 4.11. The third-order valence-corrected chi connectivity index (χ3v) is 6.01. The van der Waals surface area contributed by atoms with Gasteiger partial charge in [0, 0.05) is 25.9 Å². The smallest absolute Gasteiger partial charge is 0.247 e. The summed E-state index contributed by atoms with van der Waals surface area (Å²) in [6.07, 6.45) is 1.05. The number of nitrogens with zero attached hydrogens (tertiary/aromatic N) is 1. The lowest BCUT2D eigenvalue weighted by molar-refractivity contribution is 0.469. The number of furan rings is 1. The lowest BCUT2D eigenvalue weighted by atomic mass is 10.5. The Kier molecular flexibility index (Phi) is 5.18. The number of rotatable bonds is 6. The van der Waals surface area contributed by atoms with Gasteiger partial charge in [0.15, 0.2) is 4.67 Å². The van der Waals surface area contributed by atoms with Crippen LogP contribution in [-0.4, -0.2) is 46.7 Å². The lowest BCUT2D eigenvalue weighted by Crippen LogP contribution is -2.31. The van der Waals surface area contributed by atoms with Gasteiger partial charge in [0.25, 0.3) is 0 Å². The molecule has 1 heterocycles. The topological polar surface area (TPSA) is 111 Å². The minimum Gasteiger partial charge on any atom is -0.452 e. The molecule has 0 radical (unpaired) electrons. The number of nitrogens with two attached hydrogens (primary N) is 1. The van der Waals surface area contributed by atoms with Crippen molar-refractivity contribution in [1.82, 2.24) is 4.31 Å². The van der Waals surface area contributed by atoms with Crippen LogP contribution in [0.15, 0.2) is 20.0 Å². The minimum atomic E-state index is -3.81. The van der Waals surface area contributed by atoms with E-state index in [-0.39, 0.29) is 28.4 Å². The van der Waals surface area contributed by atoms with Gasteiger partial charge >= 0.3 is 0 Å². The molecular formula is C9H15BrN2O5S2. The molecule has 0 aliphatic carbocycles. The van der Waals surface area contributed by atoms with Crippen molar-refractivity contribution >= 4 is 35.8 Å². The zero-order valence-corrected chi connectivity index (χ0v) is 13.7. The molecule has 19 heavy (non-hydrogen) atoms. The van der Waals surface area contributed by atoms with E-state index in [1.54, 1.807) is 0 Å². The van der Waals surface area contributed by atoms with Gasteiger partial charge in [-0.3, -0.25) is 0 Å². The number of sulfone groups is 1. The molecule has 0 saturated carbocycles. The van der Waals surface area contributed by atoms with Crippen molar-refractivity contribution < 1.29 is 21.3 Å². The van der Waals surface area contributed by atoms with Gasteiger partial charge < -0.3 is 10.2 Å². The van der Waals surface area contributed by atoms with E-state index in [1.807, 2.05) is 0 Å². The van der Waals surface area contributed by atoms with E-state index in [0.29, 0.717) is 5.76 Å². The first-order chi connectivity index (χ1) is 8.58. The predicted molar refractivity (Wildman–Crippen MR) is 73.8 cm³/mol. The standard InChI is InChI=1S/C9H15BrN2O5S2/c1-12(3-4-18(2,13)14)19(15,16)8-5-7(6-11)17-9(8)10/h5H,3-4,6,11H2,1-2H3. The van der Waals surface area contributed by atoms with Gasteiger partial charge in [-0.1, -0.05) is 0 Å². The Hall–Kier alpha value is -0.420. The highest BCUT2D eigenvalue weighted by molar-refractivity contribution is 9.10. The van der Waals surface area contributed by atoms with Crippen molar-refractivity contribution in [3.63, 3.8) is 0 Å². The molecule has 2 N–H and O–H groups in total. The highest BCUT2D eigenvalue weighted by Crippen LogP contribution is 2.28. The Balaban J connectivity index is 2.99. The second kappa shape index (κ2) is 5.92. The fraction of sp³-hybridized carbons (Fsp3) is 0.556. The van der Waals surface area contributed by atoms with E-state index < -0.39 is 19.9 Å². The van der Waals surface area contributed by atoms with Crippen LogP contribution in [0.4, 0.5) is 0 Å². The first-order valence-electron chi connectivity index (χ1n) is 5.20. The molecule has 0 amide bonds. The molecule has 10 heteroatoms. The summed E-state index contributed by atoms with van der Waals surface area (Å²) in [6.45, 7) is -0.0576. The summed E-state index contributed by atoms with van der Waals surface area (Å²) in [6, 6.07) is 1.32. The molecule has 1 aromatic heterocycles. The predicted octanol–water partition coefficient (Wildman–Crippen LogP) is 0.166. The van der Waals surface area contributed by atoms with Crippen molar-refractivity contribution in [2.24, 2.45) is 5.73 Å². The maximum absolute atomic E-state index is 12.2. The van der Waals surface area contributed by atoms with Gasteiger partial charge in [-0.2, -0.15) is 4.31 Å². The van der Waals surface area contributed by atoms with Crippen LogP contribution in [0.3, 0.4) is 0 Å². The molecule has 7 nitrogen and oxygen atoms in total. The third-order valence-electron chi connectivity index (χ3n) is 2.37. The largest absolute Gasteiger partial charge is 0.452 e. The van der Waals surface area contributed by atoms with E-state index in [9.17, 15) is 16.8 Å². The summed E-state index contributed by atoms with van der Waals surface area (Å²) in [5, 5.41) is 0. The highest BCUT2D eigenvalue weighted by atomic mass is 79.9. The molecule has 0 aliphatic rings. The van der Waals surface area contributed by atoms with Gasteiger partial charge in [0.2, 0.25) is 10.0 Å². The molecule has 0 aliphatic heterocycles. The summed E-state index contributed by atoms with van der Waals surface area (Å²) in [5.41, 5.74) is 5.36. The molecule has 0 fully saturated rings. The van der Waals surface area contributed by atoms with E-state index >= 15 is 0 Å². The van der Waals surface area contributed by atoms with E-state index in [4.69, 9.17) is 10.2 Å². The summed E-state index contributed by atoms with van der Waals surface area (Å²) in [7, 11) is -5.73. The van der Waals surface area contributed by atoms with Crippen LogP contribution >= 0.6 is 15.9 Å². The SMILES string of the molecule is CN(CCS(C)(=O)=O)S(=O)(=O)c1cc(CN)oc1Br. The molecule has 1 aromatic rings. The van der Waals surface area contributed by atoms with Gasteiger partial charge in [-0.05, 0) is 15.9 Å². The van der Waals surface area contributed by atoms with Crippen molar-refractivity contribution in [3.05, 3.63) is 16.5 Å². The van der Waals surface area contributed by atoms with Crippen molar-refractivity contribution in [3.8, 4) is 0 Å². The van der Waals surface area contributed by atoms with Crippen LogP contribution in [0, 0.1) is 0 Å². The highest BCUT2D eigenvalue weighted by Gasteiger charge is 2.27. The number of halogens is 1. The first kappa shape index (κ1) is 16.6. The first-order valence-corrected chi connectivity index (χ1v) is 9.49. The van der Waals surface area contributed by atoms with Gasteiger partial charge in [-0.25, -0.2) is 16.8 Å². The zero-order chi connectivity index (χ0) is 14.8. The molecule has 0 spiro atoms. The number of hydrogen-bond donors (Lipinski definition) is 1. The van der Waals surface area contributed by atoms with Crippen LogP contribution in [0.5, 0.6) is 0 Å². The Bertz CT molecular complexity index is 650. The van der Waals surface area contributed by atoms with Crippen LogP contribution in [0.1, 0.15) is 5.76 Å². The molecule has 0 bridgehead atoms. The van der Waals surface area contributed by atoms with E-state index in [0.717, 1.165) is 10.6 Å². The van der Waals surface area contributed by atoms with Crippen LogP contribution in [0.2, 0.25) is 0 Å². The summed E-state index contributed by atoms with van der Waals surface area (Å²) in [5.74, 6) is 0.0732. The second-order valence-corrected chi connectivity index (χ2v) is 9.00. The number of sulfonamides is 1. The maximum Gasteiger partial charge on any atom is 0.247 e. The molecule has 0 atom stereocenters. The number of hydrogen-bond acceptors (Lipinski definition) is 6. The lowest BCUT2D eigenvalue weighted by Gasteiger charge is -2.15. The van der Waals surface area contributed by atoms with Crippen molar-refractivity contribution in [2.45, 2.75) is 11.4 Å². The molecule has 110 valence electrons. The van der Waals surface area contributed by atoms with Gasteiger partial charge in [-0.15, -0.1) is 0 Å². The fourth-order valence-electron chi connectivity index (χ4n) is 1.26. The quantitative estimate of drug-likeness (QED) is 0.759. The third kappa shape index (κ3) is 4.28. The summed E-state index contributed by atoms with van der Waals surface area (Å²) < 4.78 is 52.6. The zero-order valence-electron chi connectivity index (χ0n) is 10.5. The molecule has 0 unspecified atom stereocenters. The average molecular weight is 375 g/mol. The molecular weight excluding hydrogens is 360 g/mol. The maximum atomic E-state index is 12.2. The second-order valence-electron chi connectivity index (χ2n) is 4.01. The average Bonchev–Trinajstić information content (AvgIpc) is 2.67. The van der Waals surface area contributed by atoms with Gasteiger partial charge in [0.1, 0.15) is 20.5 Å². The monoisotopic (exact) mass is 374 g/mol. The van der Waals surface area contributed by atoms with Crippen molar-refractivity contribution in [2.75, 3.05) is 25.6 Å².